The molecule has 1 aliphatic heterocycles. The fourth-order valence-electron chi connectivity index (χ4n) is 2.28. The van der Waals surface area contributed by atoms with Gasteiger partial charge in [0, 0.05) is 37.2 Å². The lowest BCUT2D eigenvalue weighted by atomic mass is 10.0. The Kier molecular flexibility index (Phi) is 4.89. The third-order valence-corrected chi connectivity index (χ3v) is 4.33. The van der Waals surface area contributed by atoms with E-state index in [1.54, 1.807) is 0 Å². The first-order valence-corrected chi connectivity index (χ1v) is 7.46. The fraction of sp³-hybridized carbons (Fsp3) is 0.571. The van der Waals surface area contributed by atoms with E-state index in [1.165, 1.54) is 22.6 Å². The summed E-state index contributed by atoms with van der Waals surface area (Å²) in [5.74, 6) is 2.39. The summed E-state index contributed by atoms with van der Waals surface area (Å²) in [7, 11) is 0. The fourth-order valence-corrected chi connectivity index (χ4v) is 3.43. The first-order chi connectivity index (χ1) is 8.31. The maximum Gasteiger partial charge on any atom is 0.0443 e. The molecule has 0 aromatic heterocycles. The van der Waals surface area contributed by atoms with Gasteiger partial charge in [0.05, 0.1) is 0 Å². The van der Waals surface area contributed by atoms with Gasteiger partial charge in [-0.15, -0.1) is 0 Å². The largest absolute Gasteiger partial charge is 0.396 e. The van der Waals surface area contributed by atoms with Crippen LogP contribution in [0.1, 0.15) is 23.6 Å². The van der Waals surface area contributed by atoms with Gasteiger partial charge in [0.25, 0.3) is 0 Å². The van der Waals surface area contributed by atoms with Gasteiger partial charge in [0.15, 0.2) is 0 Å². The van der Waals surface area contributed by atoms with Gasteiger partial charge in [0.1, 0.15) is 0 Å². The van der Waals surface area contributed by atoms with Crippen molar-refractivity contribution in [2.45, 2.75) is 19.4 Å². The zero-order chi connectivity index (χ0) is 12.1. The summed E-state index contributed by atoms with van der Waals surface area (Å²) in [4.78, 5) is 2.51. The summed E-state index contributed by atoms with van der Waals surface area (Å²) in [6, 6.07) is 9.41. The Labute approximate surface area is 108 Å². The molecule has 0 aliphatic carbocycles. The second-order valence-corrected chi connectivity index (χ2v) is 5.76. The maximum atomic E-state index is 8.96. The molecular formula is C14H21NOS. The first kappa shape index (κ1) is 12.9. The van der Waals surface area contributed by atoms with Crippen LogP contribution in [0, 0.1) is 6.92 Å². The molecule has 94 valence electrons. The molecule has 0 bridgehead atoms. The molecule has 1 aromatic carbocycles. The number of aliphatic hydroxyl groups excluding tert-OH is 1. The lowest BCUT2D eigenvalue weighted by Crippen LogP contribution is -2.37. The Hall–Kier alpha value is -0.510. The number of aliphatic hydroxyl groups is 1. The van der Waals surface area contributed by atoms with Gasteiger partial charge < -0.3 is 5.11 Å². The molecule has 2 rings (SSSR count). The van der Waals surface area contributed by atoms with Crippen LogP contribution in [0.3, 0.4) is 0 Å². The van der Waals surface area contributed by atoms with Gasteiger partial charge >= 0.3 is 0 Å². The topological polar surface area (TPSA) is 23.5 Å². The number of nitrogens with zero attached hydrogens (tertiary/aromatic N) is 1. The summed E-state index contributed by atoms with van der Waals surface area (Å²) in [5, 5.41) is 8.96. The normalized spacial score (nSPS) is 21.6. The summed E-state index contributed by atoms with van der Waals surface area (Å²) in [6.45, 7) is 4.58. The standard InChI is InChI=1S/C14H21NOS/c1-12-3-5-13(6-4-12)14-11-17-10-8-15(14)7-2-9-16/h3-6,14,16H,2,7-11H2,1H3. The van der Waals surface area contributed by atoms with Crippen molar-refractivity contribution in [3.05, 3.63) is 35.4 Å². The zero-order valence-corrected chi connectivity index (χ0v) is 11.2. The minimum Gasteiger partial charge on any atom is -0.396 e. The summed E-state index contributed by atoms with van der Waals surface area (Å²) >= 11 is 2.04. The second-order valence-electron chi connectivity index (χ2n) is 4.61. The molecule has 1 heterocycles. The summed E-state index contributed by atoms with van der Waals surface area (Å²) in [5.41, 5.74) is 2.74. The summed E-state index contributed by atoms with van der Waals surface area (Å²) < 4.78 is 0. The van der Waals surface area contributed by atoms with Crippen molar-refractivity contribution >= 4 is 11.8 Å². The van der Waals surface area contributed by atoms with Gasteiger partial charge in [-0.2, -0.15) is 11.8 Å². The van der Waals surface area contributed by atoms with Crippen molar-refractivity contribution in [3.8, 4) is 0 Å². The van der Waals surface area contributed by atoms with E-state index in [9.17, 15) is 0 Å². The minimum atomic E-state index is 0.296. The smallest absolute Gasteiger partial charge is 0.0443 e. The predicted octanol–water partition coefficient (Wildman–Crippen LogP) is 2.47. The molecule has 1 fully saturated rings. The van der Waals surface area contributed by atoms with Crippen molar-refractivity contribution in [1.82, 2.24) is 4.90 Å². The number of aryl methyl sites for hydroxylation is 1. The van der Waals surface area contributed by atoms with E-state index in [0.29, 0.717) is 12.6 Å². The average molecular weight is 251 g/mol. The molecule has 0 radical (unpaired) electrons. The van der Waals surface area contributed by atoms with Gasteiger partial charge in [-0.25, -0.2) is 0 Å². The molecular weight excluding hydrogens is 230 g/mol. The molecule has 2 nitrogen and oxygen atoms in total. The van der Waals surface area contributed by atoms with E-state index < -0.39 is 0 Å². The lowest BCUT2D eigenvalue weighted by molar-refractivity contribution is 0.191. The Bertz CT molecular complexity index is 339. The maximum absolute atomic E-state index is 8.96. The van der Waals surface area contributed by atoms with Gasteiger partial charge in [-0.05, 0) is 18.9 Å². The molecule has 0 saturated carbocycles. The van der Waals surface area contributed by atoms with E-state index >= 15 is 0 Å². The minimum absolute atomic E-state index is 0.296. The third kappa shape index (κ3) is 3.47. The van der Waals surface area contributed by atoms with Gasteiger partial charge in [-0.3, -0.25) is 4.90 Å². The van der Waals surface area contributed by atoms with Crippen molar-refractivity contribution in [2.24, 2.45) is 0 Å². The molecule has 1 aliphatic rings. The lowest BCUT2D eigenvalue weighted by Gasteiger charge is -2.35. The van der Waals surface area contributed by atoms with Gasteiger partial charge in [-0.1, -0.05) is 29.8 Å². The molecule has 1 aromatic rings. The van der Waals surface area contributed by atoms with Gasteiger partial charge in [0.2, 0.25) is 0 Å². The molecule has 0 amide bonds. The molecule has 0 spiro atoms. The van der Waals surface area contributed by atoms with E-state index in [2.05, 4.69) is 36.1 Å². The molecule has 1 saturated heterocycles. The summed E-state index contributed by atoms with van der Waals surface area (Å²) in [6.07, 6.45) is 0.882. The van der Waals surface area contributed by atoms with Crippen molar-refractivity contribution in [1.29, 1.82) is 0 Å². The Balaban J connectivity index is 2.07. The molecule has 1 unspecified atom stereocenters. The Morgan fingerprint density at radius 3 is 2.82 bits per heavy atom. The highest BCUT2D eigenvalue weighted by Gasteiger charge is 2.23. The number of benzene rings is 1. The van der Waals surface area contributed by atoms with Crippen LogP contribution in [0.15, 0.2) is 24.3 Å². The number of hydrogen-bond donors (Lipinski definition) is 1. The Morgan fingerprint density at radius 2 is 2.12 bits per heavy atom. The predicted molar refractivity (Wildman–Crippen MR) is 74.5 cm³/mol. The highest BCUT2D eigenvalue weighted by Crippen LogP contribution is 2.29. The second kappa shape index (κ2) is 6.43. The monoisotopic (exact) mass is 251 g/mol. The molecule has 3 heteroatoms. The van der Waals surface area contributed by atoms with Crippen LogP contribution in [-0.2, 0) is 0 Å². The molecule has 1 atom stereocenters. The first-order valence-electron chi connectivity index (χ1n) is 6.30. The Morgan fingerprint density at radius 1 is 1.35 bits per heavy atom. The van der Waals surface area contributed by atoms with Crippen molar-refractivity contribution in [3.63, 3.8) is 0 Å². The van der Waals surface area contributed by atoms with Crippen LogP contribution >= 0.6 is 11.8 Å². The van der Waals surface area contributed by atoms with Crippen LogP contribution in [0.2, 0.25) is 0 Å². The molecule has 1 N–H and O–H groups in total. The van der Waals surface area contributed by atoms with Crippen LogP contribution < -0.4 is 0 Å². The van der Waals surface area contributed by atoms with E-state index in [4.69, 9.17) is 5.11 Å². The quantitative estimate of drug-likeness (QED) is 0.889. The number of thioether (sulfide) groups is 1. The highest BCUT2D eigenvalue weighted by atomic mass is 32.2. The van der Waals surface area contributed by atoms with Crippen LogP contribution in [0.25, 0.3) is 0 Å². The number of rotatable bonds is 4. The van der Waals surface area contributed by atoms with E-state index in [0.717, 1.165) is 19.5 Å². The van der Waals surface area contributed by atoms with Crippen LogP contribution in [0.5, 0.6) is 0 Å². The van der Waals surface area contributed by atoms with E-state index in [1.807, 2.05) is 11.8 Å². The molecule has 17 heavy (non-hydrogen) atoms. The number of hydrogen-bond acceptors (Lipinski definition) is 3. The van der Waals surface area contributed by atoms with Crippen molar-refractivity contribution < 1.29 is 5.11 Å². The average Bonchev–Trinajstić information content (AvgIpc) is 2.38. The third-order valence-electron chi connectivity index (χ3n) is 3.30. The highest BCUT2D eigenvalue weighted by molar-refractivity contribution is 7.99. The van der Waals surface area contributed by atoms with Crippen LogP contribution in [-0.4, -0.2) is 41.2 Å². The van der Waals surface area contributed by atoms with Crippen molar-refractivity contribution in [2.75, 3.05) is 31.2 Å². The SMILES string of the molecule is Cc1ccc(C2CSCCN2CCCO)cc1. The van der Waals surface area contributed by atoms with Crippen LogP contribution in [0.4, 0.5) is 0 Å². The van der Waals surface area contributed by atoms with E-state index in [-0.39, 0.29) is 0 Å². The zero-order valence-electron chi connectivity index (χ0n) is 10.4.